The monoisotopic (exact) mass is 356 g/mol. The fourth-order valence-electron chi connectivity index (χ4n) is 2.48. The largest absolute Gasteiger partial charge is 0.482 e. The van der Waals surface area contributed by atoms with Crippen LogP contribution in [0.3, 0.4) is 0 Å². The number of nitrogens with zero attached hydrogens (tertiary/aromatic N) is 1. The average molecular weight is 356 g/mol. The molecule has 0 atom stereocenters. The minimum Gasteiger partial charge on any atom is -0.482 e. The second kappa shape index (κ2) is 6.02. The van der Waals surface area contributed by atoms with Gasteiger partial charge in [0.1, 0.15) is 10.6 Å². The number of rotatable bonds is 3. The molecule has 1 aliphatic rings. The lowest BCUT2D eigenvalue weighted by atomic mass is 10.1. The zero-order valence-electron chi connectivity index (χ0n) is 12.8. The van der Waals surface area contributed by atoms with E-state index in [0.717, 1.165) is 5.56 Å². The van der Waals surface area contributed by atoms with Gasteiger partial charge in [-0.15, -0.1) is 11.3 Å². The van der Waals surface area contributed by atoms with Gasteiger partial charge >= 0.3 is 0 Å². The summed E-state index contributed by atoms with van der Waals surface area (Å²) >= 11 is 1.30. The molecule has 0 aliphatic carbocycles. The Morgan fingerprint density at radius 3 is 3.08 bits per heavy atom. The minimum atomic E-state index is -0.481. The van der Waals surface area contributed by atoms with Crippen LogP contribution in [0.2, 0.25) is 0 Å². The summed E-state index contributed by atoms with van der Waals surface area (Å²) < 4.78 is 5.28. The highest BCUT2D eigenvalue weighted by Gasteiger charge is 2.16. The number of benzene rings is 1. The second-order valence-corrected chi connectivity index (χ2v) is 6.30. The van der Waals surface area contributed by atoms with E-state index in [2.05, 4.69) is 20.6 Å². The predicted molar refractivity (Wildman–Crippen MR) is 92.0 cm³/mol. The normalized spacial score (nSPS) is 13.0. The molecular formula is C16H12N4O4S. The van der Waals surface area contributed by atoms with E-state index in [9.17, 15) is 14.4 Å². The molecule has 0 unspecified atom stereocenters. The fraction of sp³-hybridized carbons (Fsp3) is 0.125. The standard InChI is InChI=1S/C16H12N4O4S/c21-12-7-24-11-2-1-8(5-10(11)18-12)6-17-15(23)13-19-14(22)9-3-4-25-16(9)20-13/h1-5H,6-7H2,(H,17,23)(H,18,21)(H,19,20,22). The van der Waals surface area contributed by atoms with Crippen molar-refractivity contribution in [1.82, 2.24) is 15.3 Å². The smallest absolute Gasteiger partial charge is 0.287 e. The maximum Gasteiger partial charge on any atom is 0.287 e. The number of carbonyl (C=O) groups is 2. The van der Waals surface area contributed by atoms with Gasteiger partial charge in [-0.2, -0.15) is 0 Å². The summed E-state index contributed by atoms with van der Waals surface area (Å²) in [7, 11) is 0. The van der Waals surface area contributed by atoms with E-state index in [1.165, 1.54) is 11.3 Å². The van der Waals surface area contributed by atoms with Crippen LogP contribution < -0.4 is 20.9 Å². The highest BCUT2D eigenvalue weighted by molar-refractivity contribution is 7.16. The molecule has 0 saturated carbocycles. The number of carbonyl (C=O) groups excluding carboxylic acids is 2. The van der Waals surface area contributed by atoms with E-state index < -0.39 is 5.91 Å². The van der Waals surface area contributed by atoms with Crippen molar-refractivity contribution in [1.29, 1.82) is 0 Å². The zero-order chi connectivity index (χ0) is 17.4. The van der Waals surface area contributed by atoms with Crippen LogP contribution in [0.4, 0.5) is 5.69 Å². The number of nitrogens with one attached hydrogen (secondary N) is 3. The van der Waals surface area contributed by atoms with Gasteiger partial charge in [0.05, 0.1) is 11.1 Å². The summed E-state index contributed by atoms with van der Waals surface area (Å²) in [6.07, 6.45) is 0. The van der Waals surface area contributed by atoms with Gasteiger partial charge in [-0.3, -0.25) is 14.4 Å². The van der Waals surface area contributed by atoms with Crippen LogP contribution >= 0.6 is 11.3 Å². The van der Waals surface area contributed by atoms with E-state index in [4.69, 9.17) is 4.74 Å². The molecule has 8 nitrogen and oxygen atoms in total. The molecule has 3 N–H and O–H groups in total. The first-order valence-electron chi connectivity index (χ1n) is 7.41. The summed E-state index contributed by atoms with van der Waals surface area (Å²) in [6.45, 7) is 0.210. The molecule has 0 saturated heterocycles. The molecule has 9 heteroatoms. The SMILES string of the molecule is O=C1COc2ccc(CNC(=O)c3nc4sccc4c(=O)[nH]3)cc2N1. The first kappa shape index (κ1) is 15.3. The third-order valence-electron chi connectivity index (χ3n) is 3.68. The molecule has 4 rings (SSSR count). The first-order chi connectivity index (χ1) is 12.1. The number of amides is 2. The molecule has 1 aromatic carbocycles. The van der Waals surface area contributed by atoms with Gasteiger partial charge in [0, 0.05) is 6.54 Å². The van der Waals surface area contributed by atoms with Crippen molar-refractivity contribution in [3.63, 3.8) is 0 Å². The summed E-state index contributed by atoms with van der Waals surface area (Å²) in [5.41, 5.74) is 0.997. The molecule has 3 aromatic rings. The average Bonchev–Trinajstić information content (AvgIpc) is 3.08. The Kier molecular flexibility index (Phi) is 3.69. The molecule has 2 amide bonds. The number of hydrogen-bond donors (Lipinski definition) is 3. The quantitative estimate of drug-likeness (QED) is 0.654. The third-order valence-corrected chi connectivity index (χ3v) is 4.49. The number of H-pyrrole nitrogens is 1. The summed E-state index contributed by atoms with van der Waals surface area (Å²) in [5, 5.41) is 7.62. The number of thiophene rings is 1. The van der Waals surface area contributed by atoms with Crippen molar-refractivity contribution in [3.05, 3.63) is 51.4 Å². The van der Waals surface area contributed by atoms with Gasteiger partial charge in [-0.05, 0) is 29.1 Å². The highest BCUT2D eigenvalue weighted by atomic mass is 32.1. The fourth-order valence-corrected chi connectivity index (χ4v) is 3.24. The van der Waals surface area contributed by atoms with Gasteiger partial charge in [-0.25, -0.2) is 4.98 Å². The summed E-state index contributed by atoms with van der Waals surface area (Å²) in [4.78, 5) is 42.7. The molecule has 2 aromatic heterocycles. The van der Waals surface area contributed by atoms with Crippen molar-refractivity contribution in [2.75, 3.05) is 11.9 Å². The molecule has 1 aliphatic heterocycles. The third kappa shape index (κ3) is 2.96. The Morgan fingerprint density at radius 1 is 1.32 bits per heavy atom. The number of hydrogen-bond acceptors (Lipinski definition) is 6. The molecule has 3 heterocycles. The van der Waals surface area contributed by atoms with Crippen LogP contribution in [0.5, 0.6) is 5.75 Å². The van der Waals surface area contributed by atoms with Gasteiger partial charge < -0.3 is 20.4 Å². The predicted octanol–water partition coefficient (Wildman–Crippen LogP) is 1.25. The maximum atomic E-state index is 12.2. The number of fused-ring (bicyclic) bond motifs is 2. The highest BCUT2D eigenvalue weighted by Crippen LogP contribution is 2.28. The first-order valence-corrected chi connectivity index (χ1v) is 8.29. The topological polar surface area (TPSA) is 113 Å². The van der Waals surface area contributed by atoms with Gasteiger partial charge in [0.25, 0.3) is 17.4 Å². The Morgan fingerprint density at radius 2 is 2.20 bits per heavy atom. The summed E-state index contributed by atoms with van der Waals surface area (Å²) in [5.74, 6) is -0.150. The Bertz CT molecular complexity index is 1060. The minimum absolute atomic E-state index is 0.00663. The van der Waals surface area contributed by atoms with E-state index in [1.54, 1.807) is 29.6 Å². The Hall–Kier alpha value is -3.20. The van der Waals surface area contributed by atoms with Crippen LogP contribution in [0, 0.1) is 0 Å². The van der Waals surface area contributed by atoms with Crippen molar-refractivity contribution < 1.29 is 14.3 Å². The Labute approximate surface area is 144 Å². The van der Waals surface area contributed by atoms with Crippen molar-refractivity contribution in [2.45, 2.75) is 6.54 Å². The molecule has 0 bridgehead atoms. The molecular weight excluding hydrogens is 344 g/mol. The van der Waals surface area contributed by atoms with E-state index in [1.807, 2.05) is 0 Å². The number of ether oxygens (including phenoxy) is 1. The van der Waals surface area contributed by atoms with Gasteiger partial charge in [-0.1, -0.05) is 6.07 Å². The number of anilines is 1. The maximum absolute atomic E-state index is 12.2. The van der Waals surface area contributed by atoms with E-state index >= 15 is 0 Å². The number of aromatic nitrogens is 2. The summed E-state index contributed by atoms with van der Waals surface area (Å²) in [6, 6.07) is 6.91. The van der Waals surface area contributed by atoms with E-state index in [-0.39, 0.29) is 30.4 Å². The molecule has 0 spiro atoms. The van der Waals surface area contributed by atoms with Crippen LogP contribution in [0.15, 0.2) is 34.4 Å². The van der Waals surface area contributed by atoms with Crippen LogP contribution in [-0.4, -0.2) is 28.4 Å². The van der Waals surface area contributed by atoms with Crippen LogP contribution in [-0.2, 0) is 11.3 Å². The van der Waals surface area contributed by atoms with Gasteiger partial charge in [0.2, 0.25) is 5.82 Å². The lowest BCUT2D eigenvalue weighted by Gasteiger charge is -2.18. The zero-order valence-corrected chi connectivity index (χ0v) is 13.6. The van der Waals surface area contributed by atoms with Crippen molar-refractivity contribution in [3.8, 4) is 5.75 Å². The van der Waals surface area contributed by atoms with Crippen LogP contribution in [0.1, 0.15) is 16.2 Å². The molecule has 0 fully saturated rings. The lowest BCUT2D eigenvalue weighted by Crippen LogP contribution is -2.28. The number of aromatic amines is 1. The lowest BCUT2D eigenvalue weighted by molar-refractivity contribution is -0.118. The van der Waals surface area contributed by atoms with Crippen molar-refractivity contribution in [2.24, 2.45) is 0 Å². The Balaban J connectivity index is 1.50. The van der Waals surface area contributed by atoms with Crippen LogP contribution in [0.25, 0.3) is 10.2 Å². The second-order valence-electron chi connectivity index (χ2n) is 5.40. The molecule has 0 radical (unpaired) electrons. The molecule has 25 heavy (non-hydrogen) atoms. The van der Waals surface area contributed by atoms with Crippen molar-refractivity contribution >= 4 is 39.1 Å². The molecule has 126 valence electrons. The van der Waals surface area contributed by atoms with E-state index in [0.29, 0.717) is 21.7 Å². The van der Waals surface area contributed by atoms with Gasteiger partial charge in [0.15, 0.2) is 6.61 Å².